The van der Waals surface area contributed by atoms with Gasteiger partial charge >= 0.3 is 0 Å². The van der Waals surface area contributed by atoms with Gasteiger partial charge in [-0.15, -0.1) is 11.3 Å². The van der Waals surface area contributed by atoms with Gasteiger partial charge in [-0.05, 0) is 50.6 Å². The molecule has 1 aromatic carbocycles. The molecule has 0 fully saturated rings. The van der Waals surface area contributed by atoms with E-state index in [1.807, 2.05) is 13.8 Å². The van der Waals surface area contributed by atoms with Crippen LogP contribution >= 0.6 is 11.3 Å². The third-order valence-electron chi connectivity index (χ3n) is 3.87. The Kier molecular flexibility index (Phi) is 4.04. The standard InChI is InChI=1S/C18H14FN3OS/c1-9-6-14(13-7-12(19)4-5-16(13)21-9)17(23)22-18-15(8-20)10(2)11(3)24-18/h4-7H,1-3H3,(H,22,23). The summed E-state index contributed by atoms with van der Waals surface area (Å²) in [6.07, 6.45) is 0. The highest BCUT2D eigenvalue weighted by Crippen LogP contribution is 2.32. The molecule has 24 heavy (non-hydrogen) atoms. The van der Waals surface area contributed by atoms with Crippen LogP contribution < -0.4 is 5.32 Å². The van der Waals surface area contributed by atoms with Crippen LogP contribution in [0, 0.1) is 37.9 Å². The smallest absolute Gasteiger partial charge is 0.257 e. The second kappa shape index (κ2) is 6.02. The molecule has 2 heterocycles. The van der Waals surface area contributed by atoms with Crippen molar-refractivity contribution >= 4 is 33.1 Å². The summed E-state index contributed by atoms with van der Waals surface area (Å²) in [5, 5.41) is 13.0. The van der Waals surface area contributed by atoms with E-state index in [1.54, 1.807) is 19.1 Å². The molecule has 0 aliphatic rings. The lowest BCUT2D eigenvalue weighted by Crippen LogP contribution is -2.13. The van der Waals surface area contributed by atoms with Crippen molar-refractivity contribution in [3.05, 3.63) is 57.3 Å². The number of thiophene rings is 1. The van der Waals surface area contributed by atoms with E-state index in [0.29, 0.717) is 32.7 Å². The number of aromatic nitrogens is 1. The van der Waals surface area contributed by atoms with Crippen LogP contribution in [-0.2, 0) is 0 Å². The van der Waals surface area contributed by atoms with E-state index in [9.17, 15) is 14.4 Å². The van der Waals surface area contributed by atoms with Gasteiger partial charge in [-0.25, -0.2) is 4.39 Å². The highest BCUT2D eigenvalue weighted by molar-refractivity contribution is 7.16. The number of rotatable bonds is 2. The van der Waals surface area contributed by atoms with E-state index in [-0.39, 0.29) is 5.91 Å². The zero-order valence-electron chi connectivity index (χ0n) is 13.4. The topological polar surface area (TPSA) is 65.8 Å². The number of halogens is 1. The van der Waals surface area contributed by atoms with E-state index in [2.05, 4.69) is 16.4 Å². The highest BCUT2D eigenvalue weighted by Gasteiger charge is 2.18. The molecule has 3 aromatic rings. The number of hydrogen-bond acceptors (Lipinski definition) is 4. The van der Waals surface area contributed by atoms with E-state index >= 15 is 0 Å². The Balaban J connectivity index is 2.08. The molecule has 2 aromatic heterocycles. The zero-order chi connectivity index (χ0) is 17.4. The number of pyridine rings is 1. The second-order valence-corrected chi connectivity index (χ2v) is 6.75. The van der Waals surface area contributed by atoms with Crippen molar-refractivity contribution in [3.8, 4) is 6.07 Å². The summed E-state index contributed by atoms with van der Waals surface area (Å²) in [7, 11) is 0. The summed E-state index contributed by atoms with van der Waals surface area (Å²) in [6, 6.07) is 7.91. The lowest BCUT2D eigenvalue weighted by Gasteiger charge is -2.08. The fourth-order valence-corrected chi connectivity index (χ4v) is 3.54. The first-order chi connectivity index (χ1) is 11.4. The van der Waals surface area contributed by atoms with Crippen molar-refractivity contribution in [1.82, 2.24) is 4.98 Å². The summed E-state index contributed by atoms with van der Waals surface area (Å²) < 4.78 is 13.6. The molecule has 6 heteroatoms. The first kappa shape index (κ1) is 16.1. The van der Waals surface area contributed by atoms with Crippen molar-refractivity contribution in [3.63, 3.8) is 0 Å². The lowest BCUT2D eigenvalue weighted by molar-refractivity contribution is 0.102. The van der Waals surface area contributed by atoms with Gasteiger partial charge in [0.1, 0.15) is 16.9 Å². The number of fused-ring (bicyclic) bond motifs is 1. The fourth-order valence-electron chi connectivity index (χ4n) is 2.54. The van der Waals surface area contributed by atoms with Crippen LogP contribution in [0.1, 0.15) is 32.1 Å². The minimum Gasteiger partial charge on any atom is -0.312 e. The normalized spacial score (nSPS) is 10.6. The van der Waals surface area contributed by atoms with Gasteiger partial charge in [0.15, 0.2) is 0 Å². The Bertz CT molecular complexity index is 1020. The third kappa shape index (κ3) is 2.74. The van der Waals surface area contributed by atoms with Crippen molar-refractivity contribution < 1.29 is 9.18 Å². The summed E-state index contributed by atoms with van der Waals surface area (Å²) in [5.74, 6) is -0.809. The van der Waals surface area contributed by atoms with E-state index in [4.69, 9.17) is 0 Å². The number of nitrogens with one attached hydrogen (secondary N) is 1. The van der Waals surface area contributed by atoms with E-state index in [0.717, 1.165) is 10.4 Å². The van der Waals surface area contributed by atoms with Crippen molar-refractivity contribution in [2.45, 2.75) is 20.8 Å². The average molecular weight is 339 g/mol. The maximum absolute atomic E-state index is 13.6. The minimum absolute atomic E-state index is 0.338. The molecule has 1 amide bonds. The molecule has 0 atom stereocenters. The minimum atomic E-state index is -0.428. The Morgan fingerprint density at radius 3 is 2.75 bits per heavy atom. The molecule has 0 bridgehead atoms. The molecule has 3 rings (SSSR count). The van der Waals surface area contributed by atoms with Gasteiger partial charge < -0.3 is 5.32 Å². The van der Waals surface area contributed by atoms with Crippen LogP contribution in [0.15, 0.2) is 24.3 Å². The molecule has 0 aliphatic heterocycles. The number of carbonyl (C=O) groups is 1. The molecular weight excluding hydrogens is 325 g/mol. The first-order valence-corrected chi connectivity index (χ1v) is 8.10. The van der Waals surface area contributed by atoms with Gasteiger partial charge in [-0.1, -0.05) is 0 Å². The Hall–Kier alpha value is -2.78. The van der Waals surface area contributed by atoms with Crippen LogP contribution in [0.25, 0.3) is 10.9 Å². The number of nitrogens with zero attached hydrogens (tertiary/aromatic N) is 2. The number of amides is 1. The maximum atomic E-state index is 13.6. The number of nitriles is 1. The van der Waals surface area contributed by atoms with Gasteiger partial charge in [0.25, 0.3) is 5.91 Å². The van der Waals surface area contributed by atoms with E-state index < -0.39 is 5.82 Å². The summed E-state index contributed by atoms with van der Waals surface area (Å²) in [4.78, 5) is 18.0. The molecular formula is C18H14FN3OS. The molecule has 0 saturated carbocycles. The van der Waals surface area contributed by atoms with Crippen LogP contribution in [-0.4, -0.2) is 10.9 Å². The molecule has 0 radical (unpaired) electrons. The Labute approximate surface area is 142 Å². The molecule has 0 saturated heterocycles. The third-order valence-corrected chi connectivity index (χ3v) is 4.99. The number of anilines is 1. The molecule has 1 N–H and O–H groups in total. The Morgan fingerprint density at radius 2 is 2.04 bits per heavy atom. The predicted octanol–water partition coefficient (Wildman–Crippen LogP) is 4.48. The van der Waals surface area contributed by atoms with Gasteiger partial charge in [0, 0.05) is 16.0 Å². The summed E-state index contributed by atoms with van der Waals surface area (Å²) >= 11 is 1.36. The van der Waals surface area contributed by atoms with E-state index in [1.165, 1.54) is 23.5 Å². The highest BCUT2D eigenvalue weighted by atomic mass is 32.1. The number of aryl methyl sites for hydroxylation is 2. The Morgan fingerprint density at radius 1 is 1.29 bits per heavy atom. The number of carbonyl (C=O) groups excluding carboxylic acids is 1. The average Bonchev–Trinajstić information content (AvgIpc) is 2.80. The van der Waals surface area contributed by atoms with Crippen LogP contribution in [0.4, 0.5) is 9.39 Å². The monoisotopic (exact) mass is 339 g/mol. The molecule has 0 aliphatic carbocycles. The van der Waals surface area contributed by atoms with Crippen LogP contribution in [0.5, 0.6) is 0 Å². The van der Waals surface area contributed by atoms with Gasteiger partial charge in [0.2, 0.25) is 0 Å². The SMILES string of the molecule is Cc1cc(C(=O)Nc2sc(C)c(C)c2C#N)c2cc(F)ccc2n1. The van der Waals surface area contributed by atoms with Gasteiger partial charge in [0.05, 0.1) is 16.6 Å². The number of hydrogen-bond donors (Lipinski definition) is 1. The van der Waals surface area contributed by atoms with Gasteiger partial charge in [-0.3, -0.25) is 9.78 Å². The summed E-state index contributed by atoms with van der Waals surface area (Å²) in [5.41, 5.74) is 2.88. The maximum Gasteiger partial charge on any atom is 0.257 e. The molecule has 4 nitrogen and oxygen atoms in total. The first-order valence-electron chi connectivity index (χ1n) is 7.29. The van der Waals surface area contributed by atoms with Crippen LogP contribution in [0.3, 0.4) is 0 Å². The van der Waals surface area contributed by atoms with Crippen molar-refractivity contribution in [2.75, 3.05) is 5.32 Å². The number of benzene rings is 1. The molecule has 0 spiro atoms. The molecule has 120 valence electrons. The van der Waals surface area contributed by atoms with Gasteiger partial charge in [-0.2, -0.15) is 5.26 Å². The predicted molar refractivity (Wildman–Crippen MR) is 92.9 cm³/mol. The quantitative estimate of drug-likeness (QED) is 0.748. The fraction of sp³-hybridized carbons (Fsp3) is 0.167. The summed E-state index contributed by atoms with van der Waals surface area (Å²) in [6.45, 7) is 5.53. The molecule has 0 unspecified atom stereocenters. The zero-order valence-corrected chi connectivity index (χ0v) is 14.2. The lowest BCUT2D eigenvalue weighted by atomic mass is 10.1. The largest absolute Gasteiger partial charge is 0.312 e. The van der Waals surface area contributed by atoms with Crippen LogP contribution in [0.2, 0.25) is 0 Å². The van der Waals surface area contributed by atoms with Crippen molar-refractivity contribution in [2.24, 2.45) is 0 Å². The van der Waals surface area contributed by atoms with Crippen molar-refractivity contribution in [1.29, 1.82) is 5.26 Å². The second-order valence-electron chi connectivity index (χ2n) is 5.53.